The maximum absolute atomic E-state index is 10.6. The summed E-state index contributed by atoms with van der Waals surface area (Å²) in [5.74, 6) is -0.199. The van der Waals surface area contributed by atoms with Crippen molar-refractivity contribution in [1.29, 1.82) is 0 Å². The number of aliphatic carboxylic acids is 1. The molecular weight excluding hydrogens is 204 g/mol. The predicted octanol–water partition coefficient (Wildman–Crippen LogP) is 1.05. The van der Waals surface area contributed by atoms with Crippen molar-refractivity contribution in [2.24, 2.45) is 11.7 Å². The Morgan fingerprint density at radius 1 is 1.38 bits per heavy atom. The predicted molar refractivity (Wildman–Crippen MR) is 62.2 cm³/mol. The van der Waals surface area contributed by atoms with Gasteiger partial charge in [-0.15, -0.1) is 0 Å². The first-order chi connectivity index (χ1) is 7.65. The van der Waals surface area contributed by atoms with Crippen molar-refractivity contribution in [1.82, 2.24) is 4.90 Å². The highest BCUT2D eigenvalue weighted by molar-refractivity contribution is 5.66. The molecule has 4 nitrogen and oxygen atoms in total. The molecule has 3 N–H and O–H groups in total. The van der Waals surface area contributed by atoms with E-state index in [2.05, 4.69) is 4.90 Å². The first kappa shape index (κ1) is 11.9. The molecule has 1 saturated carbocycles. The molecule has 2 unspecified atom stereocenters. The lowest BCUT2D eigenvalue weighted by Crippen LogP contribution is -2.53. The standard InChI is InChI=1S/C12H22N2O2/c13-10-6-9(4-5-12(15)16)7-14(8-10)11-2-1-3-11/h9-11H,1-8,13H2,(H,15,16). The number of nitrogens with two attached hydrogens (primary N) is 1. The molecular formula is C12H22N2O2. The normalized spacial score (nSPS) is 32.3. The lowest BCUT2D eigenvalue weighted by atomic mass is 9.85. The Labute approximate surface area is 96.8 Å². The minimum absolute atomic E-state index is 0.244. The molecule has 4 heteroatoms. The van der Waals surface area contributed by atoms with E-state index in [9.17, 15) is 4.79 Å². The highest BCUT2D eigenvalue weighted by Gasteiger charge is 2.32. The summed E-state index contributed by atoms with van der Waals surface area (Å²) in [6, 6.07) is 0.979. The Morgan fingerprint density at radius 2 is 2.12 bits per heavy atom. The van der Waals surface area contributed by atoms with Gasteiger partial charge in [0.25, 0.3) is 0 Å². The van der Waals surface area contributed by atoms with Crippen molar-refractivity contribution in [2.45, 2.75) is 50.6 Å². The van der Waals surface area contributed by atoms with Gasteiger partial charge >= 0.3 is 5.97 Å². The fourth-order valence-electron chi connectivity index (χ4n) is 2.87. The Balaban J connectivity index is 1.81. The van der Waals surface area contributed by atoms with Crippen molar-refractivity contribution >= 4 is 5.97 Å². The topological polar surface area (TPSA) is 66.6 Å². The zero-order valence-electron chi connectivity index (χ0n) is 9.77. The van der Waals surface area contributed by atoms with Crippen LogP contribution < -0.4 is 5.73 Å². The van der Waals surface area contributed by atoms with Crippen molar-refractivity contribution in [3.63, 3.8) is 0 Å². The van der Waals surface area contributed by atoms with E-state index in [4.69, 9.17) is 10.8 Å². The number of carboxylic acids is 1. The minimum Gasteiger partial charge on any atom is -0.481 e. The zero-order valence-corrected chi connectivity index (χ0v) is 9.77. The fourth-order valence-corrected chi connectivity index (χ4v) is 2.87. The van der Waals surface area contributed by atoms with Crippen molar-refractivity contribution in [3.8, 4) is 0 Å². The minimum atomic E-state index is -0.686. The lowest BCUT2D eigenvalue weighted by Gasteiger charge is -2.44. The average Bonchev–Trinajstić information content (AvgIpc) is 2.11. The largest absolute Gasteiger partial charge is 0.481 e. The second-order valence-electron chi connectivity index (χ2n) is 5.33. The number of carboxylic acid groups (broad SMARTS) is 1. The quantitative estimate of drug-likeness (QED) is 0.752. The third-order valence-electron chi connectivity index (χ3n) is 3.96. The number of hydrogen-bond acceptors (Lipinski definition) is 3. The summed E-state index contributed by atoms with van der Waals surface area (Å²) < 4.78 is 0. The van der Waals surface area contributed by atoms with Crippen LogP contribution in [0.5, 0.6) is 0 Å². The molecule has 1 heterocycles. The molecule has 2 atom stereocenters. The third-order valence-corrected chi connectivity index (χ3v) is 3.96. The molecule has 0 aromatic rings. The average molecular weight is 226 g/mol. The fraction of sp³-hybridized carbons (Fsp3) is 0.917. The van der Waals surface area contributed by atoms with E-state index in [0.717, 1.165) is 32.0 Å². The van der Waals surface area contributed by atoms with Gasteiger partial charge in [-0.1, -0.05) is 6.42 Å². The number of likely N-dealkylation sites (tertiary alicyclic amines) is 1. The number of hydrogen-bond donors (Lipinski definition) is 2. The van der Waals surface area contributed by atoms with Crippen LogP contribution >= 0.6 is 0 Å². The third kappa shape index (κ3) is 2.95. The molecule has 16 heavy (non-hydrogen) atoms. The van der Waals surface area contributed by atoms with Gasteiger partial charge in [0.1, 0.15) is 0 Å². The van der Waals surface area contributed by atoms with Crippen LogP contribution in [0.4, 0.5) is 0 Å². The molecule has 1 aliphatic heterocycles. The number of rotatable bonds is 4. The van der Waals surface area contributed by atoms with Crippen molar-refractivity contribution < 1.29 is 9.90 Å². The maximum atomic E-state index is 10.6. The molecule has 1 saturated heterocycles. The van der Waals surface area contributed by atoms with Gasteiger partial charge in [0.2, 0.25) is 0 Å². The zero-order chi connectivity index (χ0) is 11.5. The number of piperidine rings is 1. The van der Waals surface area contributed by atoms with Crippen LogP contribution in [0.3, 0.4) is 0 Å². The smallest absolute Gasteiger partial charge is 0.303 e. The lowest BCUT2D eigenvalue weighted by molar-refractivity contribution is -0.137. The highest BCUT2D eigenvalue weighted by Crippen LogP contribution is 2.30. The van der Waals surface area contributed by atoms with Crippen LogP contribution in [0.25, 0.3) is 0 Å². The van der Waals surface area contributed by atoms with Crippen LogP contribution in [0.1, 0.15) is 38.5 Å². The molecule has 2 fully saturated rings. The van der Waals surface area contributed by atoms with E-state index in [0.29, 0.717) is 5.92 Å². The van der Waals surface area contributed by atoms with Crippen LogP contribution in [0.15, 0.2) is 0 Å². The summed E-state index contributed by atoms with van der Waals surface area (Å²) in [5, 5.41) is 8.70. The van der Waals surface area contributed by atoms with Crippen LogP contribution in [-0.2, 0) is 4.79 Å². The highest BCUT2D eigenvalue weighted by atomic mass is 16.4. The van der Waals surface area contributed by atoms with E-state index in [1.807, 2.05) is 0 Å². The molecule has 0 aromatic heterocycles. The van der Waals surface area contributed by atoms with E-state index in [1.165, 1.54) is 19.3 Å². The molecule has 0 aromatic carbocycles. The molecule has 0 radical (unpaired) electrons. The number of carbonyl (C=O) groups is 1. The first-order valence-corrected chi connectivity index (χ1v) is 6.36. The Kier molecular flexibility index (Phi) is 3.82. The molecule has 0 bridgehead atoms. The molecule has 1 aliphatic carbocycles. The Hall–Kier alpha value is -0.610. The van der Waals surface area contributed by atoms with Crippen molar-refractivity contribution in [2.75, 3.05) is 13.1 Å². The Bertz CT molecular complexity index is 253. The maximum Gasteiger partial charge on any atom is 0.303 e. The van der Waals surface area contributed by atoms with E-state index in [-0.39, 0.29) is 12.5 Å². The summed E-state index contributed by atoms with van der Waals surface area (Å²) in [6.45, 7) is 2.07. The van der Waals surface area contributed by atoms with Gasteiger partial charge in [0.05, 0.1) is 0 Å². The summed E-state index contributed by atoms with van der Waals surface area (Å²) >= 11 is 0. The van der Waals surface area contributed by atoms with Crippen molar-refractivity contribution in [3.05, 3.63) is 0 Å². The summed E-state index contributed by atoms with van der Waals surface area (Å²) in [7, 11) is 0. The van der Waals surface area contributed by atoms with Crippen LogP contribution in [0.2, 0.25) is 0 Å². The molecule has 2 rings (SSSR count). The van der Waals surface area contributed by atoms with Gasteiger partial charge in [-0.2, -0.15) is 0 Å². The second kappa shape index (κ2) is 5.15. The first-order valence-electron chi connectivity index (χ1n) is 6.36. The molecule has 92 valence electrons. The van der Waals surface area contributed by atoms with Gasteiger partial charge in [-0.25, -0.2) is 0 Å². The van der Waals surface area contributed by atoms with Crippen LogP contribution in [-0.4, -0.2) is 41.1 Å². The SMILES string of the molecule is NC1CC(CCC(=O)O)CN(C2CCC2)C1. The van der Waals surface area contributed by atoms with Gasteiger partial charge in [-0.3, -0.25) is 9.69 Å². The van der Waals surface area contributed by atoms with Gasteiger partial charge in [0.15, 0.2) is 0 Å². The molecule has 0 spiro atoms. The summed E-state index contributed by atoms with van der Waals surface area (Å²) in [6.07, 6.45) is 6.02. The van der Waals surface area contributed by atoms with Gasteiger partial charge in [-0.05, 0) is 31.6 Å². The Morgan fingerprint density at radius 3 is 2.69 bits per heavy atom. The monoisotopic (exact) mass is 226 g/mol. The molecule has 2 aliphatic rings. The second-order valence-corrected chi connectivity index (χ2v) is 5.33. The van der Waals surface area contributed by atoms with E-state index < -0.39 is 5.97 Å². The van der Waals surface area contributed by atoms with Gasteiger partial charge in [0, 0.05) is 31.6 Å². The molecule has 0 amide bonds. The number of nitrogens with zero attached hydrogens (tertiary/aromatic N) is 1. The summed E-state index contributed by atoms with van der Waals surface area (Å²) in [4.78, 5) is 13.1. The van der Waals surface area contributed by atoms with Gasteiger partial charge < -0.3 is 10.8 Å². The van der Waals surface area contributed by atoms with E-state index >= 15 is 0 Å². The van der Waals surface area contributed by atoms with E-state index in [1.54, 1.807) is 0 Å². The summed E-state index contributed by atoms with van der Waals surface area (Å²) in [5.41, 5.74) is 6.05. The van der Waals surface area contributed by atoms with Crippen LogP contribution in [0, 0.1) is 5.92 Å².